The summed E-state index contributed by atoms with van der Waals surface area (Å²) in [6.45, 7) is 0. The van der Waals surface area contributed by atoms with Gasteiger partial charge in [-0.1, -0.05) is 0 Å². The summed E-state index contributed by atoms with van der Waals surface area (Å²) in [6, 6.07) is 2.31. The number of nitrogens with two attached hydrogens (primary N) is 1. The van der Waals surface area contributed by atoms with Gasteiger partial charge in [-0.05, 0) is 23.7 Å². The number of pyridine rings is 1. The van der Waals surface area contributed by atoms with Gasteiger partial charge >= 0.3 is 6.18 Å². The van der Waals surface area contributed by atoms with E-state index in [-0.39, 0.29) is 16.5 Å². The van der Waals surface area contributed by atoms with Crippen LogP contribution in [0, 0.1) is 0 Å². The highest BCUT2D eigenvalue weighted by molar-refractivity contribution is 6.28. The monoisotopic (exact) mass is 274 g/mol. The molecule has 2 aromatic heterocycles. The third kappa shape index (κ3) is 2.51. The minimum Gasteiger partial charge on any atom is -0.383 e. The van der Waals surface area contributed by atoms with Crippen molar-refractivity contribution in [1.82, 2.24) is 15.0 Å². The number of alkyl halides is 3. The average molecular weight is 275 g/mol. The van der Waals surface area contributed by atoms with Crippen LogP contribution in [0.3, 0.4) is 0 Å². The normalized spacial score (nSPS) is 11.6. The van der Waals surface area contributed by atoms with Crippen LogP contribution in [0.15, 0.2) is 24.5 Å². The third-order valence-electron chi connectivity index (χ3n) is 2.15. The lowest BCUT2D eigenvalue weighted by molar-refractivity contribution is -0.137. The van der Waals surface area contributed by atoms with Gasteiger partial charge in [0.25, 0.3) is 0 Å². The lowest BCUT2D eigenvalue weighted by Gasteiger charge is -2.10. The predicted molar refractivity (Wildman–Crippen MR) is 59.7 cm³/mol. The second kappa shape index (κ2) is 4.41. The standard InChI is InChI=1S/C10H6ClF3N4/c11-9-16-2-1-7(18-9)5-3-6(10(12,13)14)8(15)17-4-5/h1-4H,(H2,15,17). The summed E-state index contributed by atoms with van der Waals surface area (Å²) < 4.78 is 37.9. The van der Waals surface area contributed by atoms with Crippen molar-refractivity contribution in [1.29, 1.82) is 0 Å². The molecule has 0 aliphatic heterocycles. The van der Waals surface area contributed by atoms with Gasteiger partial charge in [0.15, 0.2) is 0 Å². The fraction of sp³-hybridized carbons (Fsp3) is 0.100. The second-order valence-corrected chi connectivity index (χ2v) is 3.70. The number of hydrogen-bond acceptors (Lipinski definition) is 4. The molecular formula is C10H6ClF3N4. The van der Waals surface area contributed by atoms with Crippen LogP contribution in [0.5, 0.6) is 0 Å². The van der Waals surface area contributed by atoms with Crippen LogP contribution in [-0.4, -0.2) is 15.0 Å². The summed E-state index contributed by atoms with van der Waals surface area (Å²) in [5.41, 5.74) is 4.60. The Morgan fingerprint density at radius 2 is 1.94 bits per heavy atom. The quantitative estimate of drug-likeness (QED) is 0.812. The van der Waals surface area contributed by atoms with Crippen molar-refractivity contribution in [2.45, 2.75) is 6.18 Å². The predicted octanol–water partition coefficient (Wildman–Crippen LogP) is 2.79. The second-order valence-electron chi connectivity index (χ2n) is 3.37. The van der Waals surface area contributed by atoms with Crippen LogP contribution >= 0.6 is 11.6 Å². The number of aromatic nitrogens is 3. The molecule has 0 saturated heterocycles. The lowest BCUT2D eigenvalue weighted by atomic mass is 10.1. The van der Waals surface area contributed by atoms with Crippen LogP contribution in [0.25, 0.3) is 11.3 Å². The van der Waals surface area contributed by atoms with Crippen LogP contribution < -0.4 is 5.73 Å². The fourth-order valence-electron chi connectivity index (χ4n) is 1.34. The van der Waals surface area contributed by atoms with Gasteiger partial charge in [-0.25, -0.2) is 15.0 Å². The summed E-state index contributed by atoms with van der Waals surface area (Å²) in [4.78, 5) is 10.9. The molecule has 2 rings (SSSR count). The van der Waals surface area contributed by atoms with E-state index in [1.54, 1.807) is 0 Å². The van der Waals surface area contributed by atoms with Crippen LogP contribution in [0.1, 0.15) is 5.56 Å². The molecule has 8 heteroatoms. The molecule has 0 atom stereocenters. The zero-order chi connectivity index (χ0) is 13.3. The van der Waals surface area contributed by atoms with E-state index in [2.05, 4.69) is 15.0 Å². The lowest BCUT2D eigenvalue weighted by Crippen LogP contribution is -2.10. The van der Waals surface area contributed by atoms with Crippen molar-refractivity contribution in [3.8, 4) is 11.3 Å². The number of nitrogens with zero attached hydrogens (tertiary/aromatic N) is 3. The minimum absolute atomic E-state index is 0.0575. The number of halogens is 4. The molecule has 0 bridgehead atoms. The molecule has 0 unspecified atom stereocenters. The minimum atomic E-state index is -4.57. The molecule has 0 saturated carbocycles. The highest BCUT2D eigenvalue weighted by Gasteiger charge is 2.34. The Bertz CT molecular complexity index is 586. The van der Waals surface area contributed by atoms with Crippen molar-refractivity contribution in [3.05, 3.63) is 35.4 Å². The molecule has 94 valence electrons. The van der Waals surface area contributed by atoms with E-state index in [4.69, 9.17) is 17.3 Å². The number of hydrogen-bond donors (Lipinski definition) is 1. The van der Waals surface area contributed by atoms with Crippen molar-refractivity contribution in [2.24, 2.45) is 0 Å². The molecule has 4 nitrogen and oxygen atoms in total. The zero-order valence-corrected chi connectivity index (χ0v) is 9.50. The Hall–Kier alpha value is -1.89. The van der Waals surface area contributed by atoms with Gasteiger partial charge in [0.05, 0.1) is 11.3 Å². The topological polar surface area (TPSA) is 64.7 Å². The molecule has 0 aromatic carbocycles. The average Bonchev–Trinajstić information content (AvgIpc) is 2.28. The van der Waals surface area contributed by atoms with E-state index in [0.717, 1.165) is 6.07 Å². The van der Waals surface area contributed by atoms with Gasteiger partial charge in [0, 0.05) is 18.0 Å². The first-order valence-corrected chi connectivity index (χ1v) is 5.07. The van der Waals surface area contributed by atoms with Gasteiger partial charge in [-0.2, -0.15) is 13.2 Å². The van der Waals surface area contributed by atoms with E-state index < -0.39 is 17.6 Å². The molecule has 2 aromatic rings. The first kappa shape index (κ1) is 12.6. The van der Waals surface area contributed by atoms with Gasteiger partial charge in [-0.3, -0.25) is 0 Å². The van der Waals surface area contributed by atoms with Gasteiger partial charge in [0.1, 0.15) is 5.82 Å². The molecule has 0 aliphatic carbocycles. The molecule has 2 N–H and O–H groups in total. The van der Waals surface area contributed by atoms with Crippen LogP contribution in [0.2, 0.25) is 5.28 Å². The summed E-state index contributed by atoms with van der Waals surface area (Å²) >= 11 is 5.57. The Balaban J connectivity index is 2.54. The molecule has 0 spiro atoms. The molecular weight excluding hydrogens is 269 g/mol. The molecule has 2 heterocycles. The van der Waals surface area contributed by atoms with E-state index in [1.807, 2.05) is 0 Å². The molecule has 0 fully saturated rings. The number of rotatable bonds is 1. The molecule has 0 aliphatic rings. The number of anilines is 1. The third-order valence-corrected chi connectivity index (χ3v) is 2.33. The maximum atomic E-state index is 12.6. The Labute approximate surface area is 105 Å². The fourth-order valence-corrected chi connectivity index (χ4v) is 1.49. The summed E-state index contributed by atoms with van der Waals surface area (Å²) in [7, 11) is 0. The van der Waals surface area contributed by atoms with E-state index in [0.29, 0.717) is 0 Å². The van der Waals surface area contributed by atoms with Crippen molar-refractivity contribution in [2.75, 3.05) is 5.73 Å². The van der Waals surface area contributed by atoms with Crippen molar-refractivity contribution < 1.29 is 13.2 Å². The first-order valence-electron chi connectivity index (χ1n) is 4.69. The van der Waals surface area contributed by atoms with Crippen molar-refractivity contribution in [3.63, 3.8) is 0 Å². The van der Waals surface area contributed by atoms with E-state index in [9.17, 15) is 13.2 Å². The highest BCUT2D eigenvalue weighted by atomic mass is 35.5. The highest BCUT2D eigenvalue weighted by Crippen LogP contribution is 2.34. The van der Waals surface area contributed by atoms with Gasteiger partial charge in [-0.15, -0.1) is 0 Å². The summed E-state index contributed by atoms with van der Waals surface area (Å²) in [6.07, 6.45) is -2.03. The first-order chi connectivity index (χ1) is 8.38. The molecule has 18 heavy (non-hydrogen) atoms. The van der Waals surface area contributed by atoms with Gasteiger partial charge < -0.3 is 5.73 Å². The Morgan fingerprint density at radius 1 is 1.22 bits per heavy atom. The summed E-state index contributed by atoms with van der Waals surface area (Å²) in [5, 5.41) is -0.0575. The van der Waals surface area contributed by atoms with Crippen molar-refractivity contribution >= 4 is 17.4 Å². The summed E-state index contributed by atoms with van der Waals surface area (Å²) in [5.74, 6) is -0.577. The molecule has 0 radical (unpaired) electrons. The van der Waals surface area contributed by atoms with Crippen LogP contribution in [-0.2, 0) is 6.18 Å². The largest absolute Gasteiger partial charge is 0.419 e. The number of nitrogen functional groups attached to an aromatic ring is 1. The van der Waals surface area contributed by atoms with E-state index >= 15 is 0 Å². The zero-order valence-electron chi connectivity index (χ0n) is 8.74. The maximum absolute atomic E-state index is 12.6. The van der Waals surface area contributed by atoms with Gasteiger partial charge in [0.2, 0.25) is 5.28 Å². The Morgan fingerprint density at radius 3 is 2.56 bits per heavy atom. The van der Waals surface area contributed by atoms with E-state index in [1.165, 1.54) is 18.5 Å². The maximum Gasteiger partial charge on any atom is 0.419 e. The van der Waals surface area contributed by atoms with Crippen LogP contribution in [0.4, 0.5) is 19.0 Å². The smallest absolute Gasteiger partial charge is 0.383 e. The molecule has 0 amide bonds. The SMILES string of the molecule is Nc1ncc(-c2ccnc(Cl)n2)cc1C(F)(F)F. The Kier molecular flexibility index (Phi) is 3.08.